The minimum absolute atomic E-state index is 0.286. The fraction of sp³-hybridized carbons (Fsp3) is 0.500. The first-order valence-corrected chi connectivity index (χ1v) is 6.17. The third-order valence-electron chi connectivity index (χ3n) is 3.47. The van der Waals surface area contributed by atoms with Gasteiger partial charge in [0.15, 0.2) is 0 Å². The summed E-state index contributed by atoms with van der Waals surface area (Å²) in [6.07, 6.45) is 4.82. The molecule has 1 aromatic rings. The van der Waals surface area contributed by atoms with Gasteiger partial charge in [0.25, 0.3) is 0 Å². The summed E-state index contributed by atoms with van der Waals surface area (Å²) < 4.78 is 0. The van der Waals surface area contributed by atoms with Gasteiger partial charge in [-0.25, -0.2) is 0 Å². The standard InChI is InChI=1S/C14H20N2O/c1-16(2)13(14(15)17)12-8-7-10-5-3-4-6-11(10)9-12/h7-9,13H,3-6H2,1-2H3,(H2,15,17). The predicted molar refractivity (Wildman–Crippen MR) is 68.7 cm³/mol. The van der Waals surface area contributed by atoms with E-state index in [4.69, 9.17) is 5.73 Å². The third kappa shape index (κ3) is 2.50. The quantitative estimate of drug-likeness (QED) is 0.861. The highest BCUT2D eigenvalue weighted by atomic mass is 16.1. The molecule has 0 heterocycles. The second-order valence-corrected chi connectivity index (χ2v) is 5.00. The van der Waals surface area contributed by atoms with Gasteiger partial charge < -0.3 is 5.73 Å². The number of benzene rings is 1. The fourth-order valence-electron chi connectivity index (χ4n) is 2.64. The number of hydrogen-bond donors (Lipinski definition) is 1. The third-order valence-corrected chi connectivity index (χ3v) is 3.47. The van der Waals surface area contributed by atoms with Crippen LogP contribution in [0.15, 0.2) is 18.2 Å². The van der Waals surface area contributed by atoms with E-state index >= 15 is 0 Å². The second-order valence-electron chi connectivity index (χ2n) is 5.00. The molecule has 3 nitrogen and oxygen atoms in total. The number of nitrogens with zero attached hydrogens (tertiary/aromatic N) is 1. The van der Waals surface area contributed by atoms with Crippen molar-refractivity contribution < 1.29 is 4.79 Å². The van der Waals surface area contributed by atoms with Gasteiger partial charge in [-0.1, -0.05) is 18.2 Å². The van der Waals surface area contributed by atoms with Gasteiger partial charge in [0.05, 0.1) is 0 Å². The van der Waals surface area contributed by atoms with E-state index < -0.39 is 0 Å². The van der Waals surface area contributed by atoms with Gasteiger partial charge in [-0.3, -0.25) is 9.69 Å². The van der Waals surface area contributed by atoms with Crippen LogP contribution in [-0.4, -0.2) is 24.9 Å². The average Bonchev–Trinajstić information content (AvgIpc) is 2.28. The zero-order valence-corrected chi connectivity index (χ0v) is 10.6. The van der Waals surface area contributed by atoms with Crippen LogP contribution in [0.25, 0.3) is 0 Å². The second kappa shape index (κ2) is 4.88. The molecule has 1 atom stereocenters. The summed E-state index contributed by atoms with van der Waals surface area (Å²) in [5.74, 6) is -0.286. The Morgan fingerprint density at radius 1 is 1.24 bits per heavy atom. The monoisotopic (exact) mass is 232 g/mol. The molecule has 0 spiro atoms. The first-order chi connectivity index (χ1) is 8.09. The van der Waals surface area contributed by atoms with Gasteiger partial charge in [-0.15, -0.1) is 0 Å². The highest BCUT2D eigenvalue weighted by Gasteiger charge is 2.21. The van der Waals surface area contributed by atoms with Gasteiger partial charge in [-0.05, 0) is 56.5 Å². The molecule has 1 unspecified atom stereocenters. The van der Waals surface area contributed by atoms with E-state index in [1.165, 1.54) is 30.4 Å². The first kappa shape index (κ1) is 12.1. The number of aryl methyl sites for hydroxylation is 2. The molecule has 0 saturated carbocycles. The summed E-state index contributed by atoms with van der Waals surface area (Å²) in [5, 5.41) is 0. The SMILES string of the molecule is CN(C)C(C(N)=O)c1ccc2c(c1)CCCC2. The van der Waals surface area contributed by atoms with Crippen molar-refractivity contribution in [3.8, 4) is 0 Å². The minimum Gasteiger partial charge on any atom is -0.368 e. The lowest BCUT2D eigenvalue weighted by molar-refractivity contribution is -0.122. The van der Waals surface area contributed by atoms with E-state index in [0.29, 0.717) is 0 Å². The number of amides is 1. The molecule has 0 saturated heterocycles. The smallest absolute Gasteiger partial charge is 0.239 e. The lowest BCUT2D eigenvalue weighted by atomic mass is 9.89. The molecule has 17 heavy (non-hydrogen) atoms. The Kier molecular flexibility index (Phi) is 3.48. The van der Waals surface area contributed by atoms with E-state index in [9.17, 15) is 4.79 Å². The van der Waals surface area contributed by atoms with Crippen molar-refractivity contribution in [2.24, 2.45) is 5.73 Å². The number of carbonyl (C=O) groups excluding carboxylic acids is 1. The molecule has 1 aromatic carbocycles. The van der Waals surface area contributed by atoms with Crippen molar-refractivity contribution in [3.63, 3.8) is 0 Å². The molecule has 3 heteroatoms. The zero-order chi connectivity index (χ0) is 12.4. The molecule has 2 N–H and O–H groups in total. The Bertz CT molecular complexity index is 426. The maximum absolute atomic E-state index is 11.5. The topological polar surface area (TPSA) is 46.3 Å². The van der Waals surface area contributed by atoms with Crippen molar-refractivity contribution in [3.05, 3.63) is 34.9 Å². The number of fused-ring (bicyclic) bond motifs is 1. The van der Waals surface area contributed by atoms with Crippen LogP contribution in [0.4, 0.5) is 0 Å². The number of likely N-dealkylation sites (N-methyl/N-ethyl adjacent to an activating group) is 1. The molecule has 1 aliphatic rings. The Morgan fingerprint density at radius 3 is 2.47 bits per heavy atom. The van der Waals surface area contributed by atoms with Crippen molar-refractivity contribution in [1.29, 1.82) is 0 Å². The van der Waals surface area contributed by atoms with Crippen LogP contribution in [0.1, 0.15) is 35.6 Å². The van der Waals surface area contributed by atoms with Crippen LogP contribution in [-0.2, 0) is 17.6 Å². The highest BCUT2D eigenvalue weighted by molar-refractivity contribution is 5.81. The molecular formula is C14H20N2O. The molecule has 2 rings (SSSR count). The van der Waals surface area contributed by atoms with Crippen LogP contribution in [0.5, 0.6) is 0 Å². The van der Waals surface area contributed by atoms with Crippen LogP contribution in [0.3, 0.4) is 0 Å². The van der Waals surface area contributed by atoms with E-state index in [1.807, 2.05) is 25.1 Å². The maximum atomic E-state index is 11.5. The maximum Gasteiger partial charge on any atom is 0.239 e. The van der Waals surface area contributed by atoms with Crippen molar-refractivity contribution in [1.82, 2.24) is 4.90 Å². The summed E-state index contributed by atoms with van der Waals surface area (Å²) >= 11 is 0. The highest BCUT2D eigenvalue weighted by Crippen LogP contribution is 2.26. The van der Waals surface area contributed by atoms with Gasteiger partial charge >= 0.3 is 0 Å². The number of primary amides is 1. The Morgan fingerprint density at radius 2 is 1.88 bits per heavy atom. The molecule has 1 amide bonds. The fourth-order valence-corrected chi connectivity index (χ4v) is 2.64. The largest absolute Gasteiger partial charge is 0.368 e. The average molecular weight is 232 g/mol. The summed E-state index contributed by atoms with van der Waals surface area (Å²) in [7, 11) is 3.77. The van der Waals surface area contributed by atoms with Crippen molar-refractivity contribution in [2.45, 2.75) is 31.7 Å². The normalized spacial score (nSPS) is 16.6. The Hall–Kier alpha value is -1.35. The number of hydrogen-bond acceptors (Lipinski definition) is 2. The van der Waals surface area contributed by atoms with Crippen molar-refractivity contribution in [2.75, 3.05) is 14.1 Å². The minimum atomic E-state index is -0.317. The van der Waals surface area contributed by atoms with Gasteiger partial charge in [0.1, 0.15) is 6.04 Å². The number of nitrogens with two attached hydrogens (primary N) is 1. The lowest BCUT2D eigenvalue weighted by Gasteiger charge is -2.24. The summed E-state index contributed by atoms with van der Waals surface area (Å²) in [5.41, 5.74) is 9.30. The van der Waals surface area contributed by atoms with E-state index in [0.717, 1.165) is 12.0 Å². The van der Waals surface area contributed by atoms with E-state index in [1.54, 1.807) is 0 Å². The molecule has 0 aliphatic heterocycles. The summed E-state index contributed by atoms with van der Waals surface area (Å²) in [4.78, 5) is 13.4. The summed E-state index contributed by atoms with van der Waals surface area (Å²) in [6, 6.07) is 6.04. The molecule has 92 valence electrons. The zero-order valence-electron chi connectivity index (χ0n) is 10.6. The van der Waals surface area contributed by atoms with Crippen LogP contribution in [0.2, 0.25) is 0 Å². The molecule has 1 aliphatic carbocycles. The molecule has 0 radical (unpaired) electrons. The van der Waals surface area contributed by atoms with Crippen LogP contribution < -0.4 is 5.73 Å². The van der Waals surface area contributed by atoms with E-state index in [-0.39, 0.29) is 11.9 Å². The Labute approximate surface area is 103 Å². The molecule has 0 aromatic heterocycles. The first-order valence-electron chi connectivity index (χ1n) is 6.17. The molecule has 0 bridgehead atoms. The van der Waals surface area contributed by atoms with E-state index in [2.05, 4.69) is 12.1 Å². The predicted octanol–water partition coefficient (Wildman–Crippen LogP) is 1.65. The molecular weight excluding hydrogens is 212 g/mol. The lowest BCUT2D eigenvalue weighted by Crippen LogP contribution is -2.32. The van der Waals surface area contributed by atoms with Crippen LogP contribution >= 0.6 is 0 Å². The number of carbonyl (C=O) groups is 1. The Balaban J connectivity index is 2.35. The summed E-state index contributed by atoms with van der Waals surface area (Å²) in [6.45, 7) is 0. The number of rotatable bonds is 3. The van der Waals surface area contributed by atoms with Crippen LogP contribution in [0, 0.1) is 0 Å². The van der Waals surface area contributed by atoms with Crippen molar-refractivity contribution >= 4 is 5.91 Å². The van der Waals surface area contributed by atoms with Gasteiger partial charge in [-0.2, -0.15) is 0 Å². The van der Waals surface area contributed by atoms with Gasteiger partial charge in [0, 0.05) is 0 Å². The van der Waals surface area contributed by atoms with Gasteiger partial charge in [0.2, 0.25) is 5.91 Å². The molecule has 0 fully saturated rings.